The molecule has 1 aliphatic rings. The number of halogens is 1. The maximum atomic E-state index is 12.1. The van der Waals surface area contributed by atoms with E-state index >= 15 is 0 Å². The Morgan fingerprint density at radius 3 is 2.67 bits per heavy atom. The Morgan fingerprint density at radius 2 is 2.04 bits per heavy atom. The lowest BCUT2D eigenvalue weighted by atomic mass is 10.2. The van der Waals surface area contributed by atoms with E-state index in [1.54, 1.807) is 18.2 Å². The molecule has 1 aliphatic heterocycles. The maximum absolute atomic E-state index is 12.1. The van der Waals surface area contributed by atoms with Crippen LogP contribution in [0.1, 0.15) is 12.0 Å². The van der Waals surface area contributed by atoms with E-state index in [1.165, 1.54) is 7.11 Å². The van der Waals surface area contributed by atoms with Crippen LogP contribution in [0.5, 0.6) is 0 Å². The number of hydroxylamine groups is 1. The molecule has 0 saturated carbocycles. The second-order valence-electron chi connectivity index (χ2n) is 5.56. The number of esters is 1. The van der Waals surface area contributed by atoms with Crippen LogP contribution in [-0.4, -0.2) is 43.8 Å². The van der Waals surface area contributed by atoms with Gasteiger partial charge in [-0.1, -0.05) is 30.3 Å². The van der Waals surface area contributed by atoms with Gasteiger partial charge in [-0.25, -0.2) is 9.59 Å². The lowest BCUT2D eigenvalue weighted by molar-refractivity contribution is -0.144. The van der Waals surface area contributed by atoms with Crippen LogP contribution in [0.2, 0.25) is 0 Å². The first-order chi connectivity index (χ1) is 13.0. The van der Waals surface area contributed by atoms with E-state index in [-0.39, 0.29) is 25.7 Å². The minimum absolute atomic E-state index is 0.0417. The molecule has 2 rings (SSSR count). The molecule has 2 amide bonds. The molecule has 2 atom stereocenters. The van der Waals surface area contributed by atoms with Gasteiger partial charge in [0.1, 0.15) is 23.4 Å². The number of carbonyl (C=O) groups excluding carboxylic acids is 3. The van der Waals surface area contributed by atoms with Crippen LogP contribution in [-0.2, 0) is 30.5 Å². The summed E-state index contributed by atoms with van der Waals surface area (Å²) >= 11 is 3.20. The van der Waals surface area contributed by atoms with Gasteiger partial charge in [-0.05, 0) is 27.6 Å². The molecule has 1 aromatic carbocycles. The SMILES string of the molecule is COC(=O)[C@H](CC(=O)NCC1C=C(Br)NO1)NC(=O)OCc1ccccc1. The molecule has 10 heteroatoms. The largest absolute Gasteiger partial charge is 0.467 e. The highest BCUT2D eigenvalue weighted by Gasteiger charge is 2.26. The van der Waals surface area contributed by atoms with E-state index in [4.69, 9.17) is 9.57 Å². The van der Waals surface area contributed by atoms with Crippen molar-refractivity contribution < 1.29 is 28.7 Å². The van der Waals surface area contributed by atoms with Crippen LogP contribution in [0.4, 0.5) is 4.79 Å². The van der Waals surface area contributed by atoms with Crippen LogP contribution < -0.4 is 16.1 Å². The molecule has 0 aromatic heterocycles. The van der Waals surface area contributed by atoms with Gasteiger partial charge in [0.25, 0.3) is 0 Å². The monoisotopic (exact) mass is 441 g/mol. The molecule has 0 aliphatic carbocycles. The summed E-state index contributed by atoms with van der Waals surface area (Å²) in [7, 11) is 1.17. The van der Waals surface area contributed by atoms with Crippen molar-refractivity contribution in [3.63, 3.8) is 0 Å². The quantitative estimate of drug-likeness (QED) is 0.408. The molecule has 0 bridgehead atoms. The molecular weight excluding hydrogens is 422 g/mol. The zero-order valence-corrected chi connectivity index (χ0v) is 16.2. The number of methoxy groups -OCH3 is 1. The highest BCUT2D eigenvalue weighted by molar-refractivity contribution is 9.11. The summed E-state index contributed by atoms with van der Waals surface area (Å²) in [5.41, 5.74) is 3.39. The first-order valence-corrected chi connectivity index (χ1v) is 8.88. The number of hydrogen-bond acceptors (Lipinski definition) is 7. The molecule has 1 unspecified atom stereocenters. The fourth-order valence-electron chi connectivity index (χ4n) is 2.18. The van der Waals surface area contributed by atoms with E-state index in [9.17, 15) is 14.4 Å². The van der Waals surface area contributed by atoms with Gasteiger partial charge < -0.3 is 20.1 Å². The highest BCUT2D eigenvalue weighted by atomic mass is 79.9. The average Bonchev–Trinajstić information content (AvgIpc) is 3.09. The number of rotatable bonds is 8. The third kappa shape index (κ3) is 7.27. The number of ether oxygens (including phenoxy) is 2. The lowest BCUT2D eigenvalue weighted by Crippen LogP contribution is -2.45. The topological polar surface area (TPSA) is 115 Å². The summed E-state index contributed by atoms with van der Waals surface area (Å²) in [6.07, 6.45) is 0.274. The molecule has 27 heavy (non-hydrogen) atoms. The van der Waals surface area contributed by atoms with Gasteiger partial charge >= 0.3 is 12.1 Å². The summed E-state index contributed by atoms with van der Waals surface area (Å²) in [5.74, 6) is -1.20. The molecule has 0 fully saturated rings. The maximum Gasteiger partial charge on any atom is 0.408 e. The minimum Gasteiger partial charge on any atom is -0.467 e. The van der Waals surface area contributed by atoms with Gasteiger partial charge in [0, 0.05) is 0 Å². The Balaban J connectivity index is 1.80. The van der Waals surface area contributed by atoms with Crippen molar-refractivity contribution in [2.45, 2.75) is 25.2 Å². The van der Waals surface area contributed by atoms with Crippen LogP contribution >= 0.6 is 15.9 Å². The van der Waals surface area contributed by atoms with Gasteiger partial charge in [-0.3, -0.25) is 15.1 Å². The van der Waals surface area contributed by atoms with Gasteiger partial charge in [0.2, 0.25) is 5.91 Å². The summed E-state index contributed by atoms with van der Waals surface area (Å²) in [4.78, 5) is 41.0. The predicted octanol–water partition coefficient (Wildman–Crippen LogP) is 1.10. The van der Waals surface area contributed by atoms with Crippen molar-refractivity contribution >= 4 is 33.9 Å². The van der Waals surface area contributed by atoms with Crippen LogP contribution in [0.15, 0.2) is 41.0 Å². The summed E-state index contributed by atoms with van der Waals surface area (Å²) in [6.45, 7) is 0.243. The van der Waals surface area contributed by atoms with Crippen molar-refractivity contribution in [3.8, 4) is 0 Å². The number of hydrogen-bond donors (Lipinski definition) is 3. The molecule has 0 spiro atoms. The first kappa shape index (κ1) is 20.7. The second-order valence-corrected chi connectivity index (χ2v) is 6.42. The zero-order chi connectivity index (χ0) is 19.6. The van der Waals surface area contributed by atoms with Crippen molar-refractivity contribution in [1.82, 2.24) is 16.1 Å². The number of alkyl carbamates (subject to hydrolysis) is 1. The fraction of sp³-hybridized carbons (Fsp3) is 0.353. The lowest BCUT2D eigenvalue weighted by Gasteiger charge is -2.17. The van der Waals surface area contributed by atoms with E-state index in [2.05, 4.69) is 36.8 Å². The smallest absolute Gasteiger partial charge is 0.408 e. The predicted molar refractivity (Wildman–Crippen MR) is 98.2 cm³/mol. The zero-order valence-electron chi connectivity index (χ0n) is 14.6. The Labute approximate surface area is 164 Å². The minimum atomic E-state index is -1.16. The first-order valence-electron chi connectivity index (χ1n) is 8.08. The van der Waals surface area contributed by atoms with Crippen molar-refractivity contribution in [2.24, 2.45) is 0 Å². The van der Waals surface area contributed by atoms with E-state index in [1.807, 2.05) is 18.2 Å². The van der Waals surface area contributed by atoms with Gasteiger partial charge in [0.15, 0.2) is 0 Å². The number of carbonyl (C=O) groups is 3. The number of benzene rings is 1. The van der Waals surface area contributed by atoms with Crippen LogP contribution in [0, 0.1) is 0 Å². The normalized spacial score (nSPS) is 16.5. The van der Waals surface area contributed by atoms with Crippen molar-refractivity contribution in [2.75, 3.05) is 13.7 Å². The molecule has 146 valence electrons. The Hall–Kier alpha value is -2.59. The van der Waals surface area contributed by atoms with E-state index in [0.29, 0.717) is 4.61 Å². The van der Waals surface area contributed by atoms with Crippen molar-refractivity contribution in [1.29, 1.82) is 0 Å². The molecule has 0 saturated heterocycles. The van der Waals surface area contributed by atoms with Gasteiger partial charge in [0.05, 0.1) is 20.1 Å². The molecular formula is C17H20BrN3O6. The Bertz CT molecular complexity index is 697. The molecule has 0 radical (unpaired) electrons. The summed E-state index contributed by atoms with van der Waals surface area (Å²) in [6, 6.07) is 7.90. The summed E-state index contributed by atoms with van der Waals surface area (Å²) < 4.78 is 10.4. The Kier molecular flexibility index (Phi) is 8.08. The number of nitrogens with one attached hydrogen (secondary N) is 3. The van der Waals surface area contributed by atoms with Crippen LogP contribution in [0.25, 0.3) is 0 Å². The molecule has 9 nitrogen and oxygen atoms in total. The molecule has 3 N–H and O–H groups in total. The third-order valence-corrected chi connectivity index (χ3v) is 3.95. The van der Waals surface area contributed by atoms with Crippen LogP contribution in [0.3, 0.4) is 0 Å². The van der Waals surface area contributed by atoms with E-state index < -0.39 is 24.0 Å². The molecule has 1 heterocycles. The standard InChI is InChI=1S/C17H20BrN3O6/c1-25-16(23)13(8-15(22)19-9-12-7-14(18)21-27-12)20-17(24)26-10-11-5-3-2-4-6-11/h2-7,12-13,21H,8-10H2,1H3,(H,19,22)(H,20,24)/t12?,13-/m0/s1. The Morgan fingerprint density at radius 1 is 1.30 bits per heavy atom. The van der Waals surface area contributed by atoms with Gasteiger partial charge in [-0.15, -0.1) is 0 Å². The summed E-state index contributed by atoms with van der Waals surface area (Å²) in [5, 5.41) is 4.96. The van der Waals surface area contributed by atoms with Gasteiger partial charge in [-0.2, -0.15) is 0 Å². The fourth-order valence-corrected chi connectivity index (χ4v) is 2.57. The third-order valence-electron chi connectivity index (χ3n) is 3.52. The van der Waals surface area contributed by atoms with E-state index in [0.717, 1.165) is 5.56 Å². The average molecular weight is 442 g/mol. The molecule has 1 aromatic rings. The van der Waals surface area contributed by atoms with Crippen molar-refractivity contribution in [3.05, 3.63) is 46.6 Å². The second kappa shape index (κ2) is 10.5. The number of amides is 2. The highest BCUT2D eigenvalue weighted by Crippen LogP contribution is 2.11.